The number of rotatable bonds is 4. The lowest BCUT2D eigenvalue weighted by Gasteiger charge is -2.14. The first-order valence-electron chi connectivity index (χ1n) is 4.94. The second-order valence-corrected chi connectivity index (χ2v) is 3.74. The van der Waals surface area contributed by atoms with E-state index in [1.807, 2.05) is 0 Å². The van der Waals surface area contributed by atoms with Crippen LogP contribution in [0.5, 0.6) is 0 Å². The summed E-state index contributed by atoms with van der Waals surface area (Å²) in [4.78, 5) is 22.9. The maximum atomic E-state index is 13.4. The molecule has 5 nitrogen and oxygen atoms in total. The number of halogens is 2. The van der Waals surface area contributed by atoms with Gasteiger partial charge in [0.25, 0.3) is 5.91 Å². The van der Waals surface area contributed by atoms with Crippen LogP contribution in [-0.2, 0) is 9.53 Å². The molecule has 1 rings (SSSR count). The minimum atomic E-state index is -1.27. The maximum absolute atomic E-state index is 13.4. The number of amides is 1. The van der Waals surface area contributed by atoms with Crippen LogP contribution in [0.4, 0.5) is 4.39 Å². The lowest BCUT2D eigenvalue weighted by molar-refractivity contribution is -0.143. The third kappa shape index (κ3) is 3.18. The molecule has 1 atom stereocenters. The Morgan fingerprint density at radius 3 is 2.72 bits per heavy atom. The Bertz CT molecular complexity index is 446. The van der Waals surface area contributed by atoms with Crippen molar-refractivity contribution in [1.29, 1.82) is 0 Å². The molecule has 0 aliphatic rings. The summed E-state index contributed by atoms with van der Waals surface area (Å²) in [6.07, 6.45) is 0. The molecule has 0 bridgehead atoms. The molecule has 98 valence electrons. The fraction of sp³-hybridized carbons (Fsp3) is 0.273. The van der Waals surface area contributed by atoms with E-state index in [0.29, 0.717) is 0 Å². The fourth-order valence-corrected chi connectivity index (χ4v) is 1.52. The average Bonchev–Trinajstić information content (AvgIpc) is 2.34. The van der Waals surface area contributed by atoms with Gasteiger partial charge in [-0.3, -0.25) is 4.79 Å². The van der Waals surface area contributed by atoms with Crippen molar-refractivity contribution in [3.05, 3.63) is 34.6 Å². The lowest BCUT2D eigenvalue weighted by Crippen LogP contribution is -2.44. The fourth-order valence-electron chi connectivity index (χ4n) is 1.27. The van der Waals surface area contributed by atoms with Crippen molar-refractivity contribution in [1.82, 2.24) is 5.32 Å². The average molecular weight is 276 g/mol. The standard InChI is InChI=1S/C11H11ClFNO4/c1-18-11(17)8(5-15)14-10(16)9-6(12)3-2-4-7(9)13/h2-4,8,15H,5H2,1H3,(H,14,16). The summed E-state index contributed by atoms with van der Waals surface area (Å²) in [6, 6.07) is 2.48. The van der Waals surface area contributed by atoms with Gasteiger partial charge in [-0.05, 0) is 12.1 Å². The lowest BCUT2D eigenvalue weighted by atomic mass is 10.2. The van der Waals surface area contributed by atoms with Gasteiger partial charge in [0.05, 0.1) is 24.3 Å². The van der Waals surface area contributed by atoms with Crippen LogP contribution in [0.1, 0.15) is 10.4 Å². The molecule has 1 aromatic carbocycles. The van der Waals surface area contributed by atoms with Gasteiger partial charge in [0, 0.05) is 0 Å². The van der Waals surface area contributed by atoms with Crippen LogP contribution in [0, 0.1) is 5.82 Å². The van der Waals surface area contributed by atoms with Crippen LogP contribution in [0.3, 0.4) is 0 Å². The highest BCUT2D eigenvalue weighted by molar-refractivity contribution is 6.33. The van der Waals surface area contributed by atoms with E-state index in [4.69, 9.17) is 16.7 Å². The molecular weight excluding hydrogens is 265 g/mol. The van der Waals surface area contributed by atoms with Gasteiger partial charge in [-0.2, -0.15) is 0 Å². The van der Waals surface area contributed by atoms with Crippen molar-refractivity contribution in [3.8, 4) is 0 Å². The van der Waals surface area contributed by atoms with E-state index in [1.54, 1.807) is 0 Å². The van der Waals surface area contributed by atoms with Crippen LogP contribution < -0.4 is 5.32 Å². The van der Waals surface area contributed by atoms with E-state index in [2.05, 4.69) is 10.1 Å². The van der Waals surface area contributed by atoms with Crippen molar-refractivity contribution < 1.29 is 23.8 Å². The number of aliphatic hydroxyl groups excluding tert-OH is 1. The van der Waals surface area contributed by atoms with Gasteiger partial charge in [-0.25, -0.2) is 9.18 Å². The van der Waals surface area contributed by atoms with E-state index in [-0.39, 0.29) is 10.6 Å². The zero-order chi connectivity index (χ0) is 13.7. The minimum Gasteiger partial charge on any atom is -0.467 e. The summed E-state index contributed by atoms with van der Waals surface area (Å²) in [7, 11) is 1.10. The first-order valence-corrected chi connectivity index (χ1v) is 5.32. The van der Waals surface area contributed by atoms with E-state index < -0.39 is 30.3 Å². The van der Waals surface area contributed by atoms with E-state index in [9.17, 15) is 14.0 Å². The summed E-state index contributed by atoms with van der Waals surface area (Å²) in [5.41, 5.74) is -0.387. The highest BCUT2D eigenvalue weighted by atomic mass is 35.5. The van der Waals surface area contributed by atoms with Crippen molar-refractivity contribution in [2.75, 3.05) is 13.7 Å². The minimum absolute atomic E-state index is 0.0888. The zero-order valence-corrected chi connectivity index (χ0v) is 10.2. The molecule has 0 saturated heterocycles. The van der Waals surface area contributed by atoms with Crippen molar-refractivity contribution in [2.24, 2.45) is 0 Å². The molecule has 1 unspecified atom stereocenters. The Hall–Kier alpha value is -1.66. The van der Waals surface area contributed by atoms with Crippen LogP contribution >= 0.6 is 11.6 Å². The van der Waals surface area contributed by atoms with Gasteiger partial charge < -0.3 is 15.2 Å². The first-order chi connectivity index (χ1) is 8.51. The molecule has 0 radical (unpaired) electrons. The van der Waals surface area contributed by atoms with Crippen molar-refractivity contribution >= 4 is 23.5 Å². The Balaban J connectivity index is 2.91. The second kappa shape index (κ2) is 6.32. The molecule has 0 aromatic heterocycles. The van der Waals surface area contributed by atoms with Crippen LogP contribution in [0.2, 0.25) is 5.02 Å². The zero-order valence-electron chi connectivity index (χ0n) is 9.44. The number of benzene rings is 1. The van der Waals surface area contributed by atoms with Crippen LogP contribution in [-0.4, -0.2) is 36.7 Å². The summed E-state index contributed by atoms with van der Waals surface area (Å²) >= 11 is 5.68. The molecule has 0 fully saturated rings. The van der Waals surface area contributed by atoms with Gasteiger partial charge in [-0.1, -0.05) is 17.7 Å². The van der Waals surface area contributed by atoms with Crippen LogP contribution in [0.25, 0.3) is 0 Å². The van der Waals surface area contributed by atoms with E-state index in [1.165, 1.54) is 12.1 Å². The SMILES string of the molecule is COC(=O)C(CO)NC(=O)c1c(F)cccc1Cl. The van der Waals surface area contributed by atoms with Gasteiger partial charge in [0.1, 0.15) is 5.82 Å². The number of ether oxygens (including phenoxy) is 1. The number of aliphatic hydroxyl groups is 1. The monoisotopic (exact) mass is 275 g/mol. The molecule has 0 spiro atoms. The second-order valence-electron chi connectivity index (χ2n) is 3.33. The molecule has 18 heavy (non-hydrogen) atoms. The summed E-state index contributed by atoms with van der Waals surface area (Å²) < 4.78 is 17.8. The number of carbonyl (C=O) groups is 2. The smallest absolute Gasteiger partial charge is 0.330 e. The largest absolute Gasteiger partial charge is 0.467 e. The van der Waals surface area contributed by atoms with Gasteiger partial charge in [-0.15, -0.1) is 0 Å². The van der Waals surface area contributed by atoms with Gasteiger partial charge in [0.15, 0.2) is 6.04 Å². The molecule has 1 aromatic rings. The summed E-state index contributed by atoms with van der Waals surface area (Å²) in [5.74, 6) is -2.55. The Morgan fingerprint density at radius 2 is 2.22 bits per heavy atom. The molecule has 0 heterocycles. The molecule has 0 saturated carbocycles. The topological polar surface area (TPSA) is 75.6 Å². The third-order valence-corrected chi connectivity index (χ3v) is 2.48. The predicted molar refractivity (Wildman–Crippen MR) is 61.8 cm³/mol. The summed E-state index contributed by atoms with van der Waals surface area (Å²) in [5, 5.41) is 11.0. The van der Waals surface area contributed by atoms with E-state index >= 15 is 0 Å². The molecule has 2 N–H and O–H groups in total. The van der Waals surface area contributed by atoms with E-state index in [0.717, 1.165) is 13.2 Å². The molecule has 1 amide bonds. The highest BCUT2D eigenvalue weighted by Crippen LogP contribution is 2.18. The number of hydrogen-bond donors (Lipinski definition) is 2. The highest BCUT2D eigenvalue weighted by Gasteiger charge is 2.24. The molecule has 0 aliphatic heterocycles. The quantitative estimate of drug-likeness (QED) is 0.795. The van der Waals surface area contributed by atoms with Gasteiger partial charge >= 0.3 is 5.97 Å². The Morgan fingerprint density at radius 1 is 1.56 bits per heavy atom. The number of nitrogens with one attached hydrogen (secondary N) is 1. The number of carbonyl (C=O) groups excluding carboxylic acids is 2. The predicted octanol–water partition coefficient (Wildman–Crippen LogP) is 0.743. The number of esters is 1. The Labute approximate surface area is 108 Å². The summed E-state index contributed by atoms with van der Waals surface area (Å²) in [6.45, 7) is -0.662. The molecular formula is C11H11ClFNO4. The Kier molecular flexibility index (Phi) is 5.06. The molecule has 7 heteroatoms. The first kappa shape index (κ1) is 14.4. The maximum Gasteiger partial charge on any atom is 0.330 e. The van der Waals surface area contributed by atoms with Crippen molar-refractivity contribution in [2.45, 2.75) is 6.04 Å². The number of hydrogen-bond acceptors (Lipinski definition) is 4. The number of methoxy groups -OCH3 is 1. The third-order valence-electron chi connectivity index (χ3n) is 2.16. The normalized spacial score (nSPS) is 11.8. The van der Waals surface area contributed by atoms with Gasteiger partial charge in [0.2, 0.25) is 0 Å². The van der Waals surface area contributed by atoms with Crippen molar-refractivity contribution in [3.63, 3.8) is 0 Å². The molecule has 0 aliphatic carbocycles. The van der Waals surface area contributed by atoms with Crippen LogP contribution in [0.15, 0.2) is 18.2 Å².